The van der Waals surface area contributed by atoms with Crippen molar-refractivity contribution in [3.63, 3.8) is 0 Å². The highest BCUT2D eigenvalue weighted by molar-refractivity contribution is 7.54. The molecule has 0 spiro atoms. The van der Waals surface area contributed by atoms with Crippen LogP contribution in [0, 0.1) is 11.7 Å². The first-order valence-corrected chi connectivity index (χ1v) is 13.8. The summed E-state index contributed by atoms with van der Waals surface area (Å²) in [6.07, 6.45) is -8.03. The molecule has 1 aliphatic heterocycles. The standard InChI is InChI=1S/C24H31F3N3O8P/c1-13(2)35-21(32)14(3)11-39(34,38-16-8-6-5-7-9-16)37-15(4)18-19(31)24(27,12-25)22(36-18)30-10-17(26)20(28)29-23(30)33/h5-10,13-15,18-19,22,31H,11-12H2,1-4H3,(H2,28,29,33)/t14-,15+,18-,19+,22-,24?,39-/m1/s1. The van der Waals surface area contributed by atoms with Gasteiger partial charge in [0.05, 0.1) is 30.5 Å². The van der Waals surface area contributed by atoms with E-state index in [4.69, 9.17) is 24.3 Å². The molecule has 15 heteroatoms. The zero-order chi connectivity index (χ0) is 29.1. The van der Waals surface area contributed by atoms with Gasteiger partial charge in [0.2, 0.25) is 5.67 Å². The number of carbonyl (C=O) groups is 1. The summed E-state index contributed by atoms with van der Waals surface area (Å²) in [6, 6.07) is 7.86. The predicted octanol–water partition coefficient (Wildman–Crippen LogP) is 3.17. The van der Waals surface area contributed by atoms with E-state index in [0.29, 0.717) is 10.8 Å². The van der Waals surface area contributed by atoms with Crippen LogP contribution in [0.5, 0.6) is 5.75 Å². The lowest BCUT2D eigenvalue weighted by Gasteiger charge is -2.29. The van der Waals surface area contributed by atoms with Gasteiger partial charge in [0.1, 0.15) is 24.6 Å². The normalized spacial score (nSPS) is 26.1. The molecule has 1 unspecified atom stereocenters. The third kappa shape index (κ3) is 6.81. The van der Waals surface area contributed by atoms with Gasteiger partial charge in [0, 0.05) is 0 Å². The number of hydrogen-bond donors (Lipinski definition) is 2. The SMILES string of the molecule is CC(C)OC(=O)[C@H](C)C[P@](=O)(Oc1ccccc1)O[C@@H](C)[C@H]1O[C@@H](n2cc(F)c(N)nc2=O)C(F)(CF)[C@H]1O. The van der Waals surface area contributed by atoms with Crippen molar-refractivity contribution < 1.29 is 46.2 Å². The number of ether oxygens (including phenoxy) is 2. The van der Waals surface area contributed by atoms with Crippen molar-refractivity contribution in [1.82, 2.24) is 9.55 Å². The van der Waals surface area contributed by atoms with Crippen LogP contribution in [0.4, 0.5) is 19.0 Å². The zero-order valence-corrected chi connectivity index (χ0v) is 22.6. The molecule has 216 valence electrons. The molecular formula is C24H31F3N3O8P. The van der Waals surface area contributed by atoms with Gasteiger partial charge in [-0.3, -0.25) is 13.9 Å². The van der Waals surface area contributed by atoms with Crippen LogP contribution in [0.2, 0.25) is 0 Å². The molecule has 2 heterocycles. The van der Waals surface area contributed by atoms with E-state index in [1.165, 1.54) is 26.0 Å². The maximum absolute atomic E-state index is 15.7. The van der Waals surface area contributed by atoms with Crippen LogP contribution in [-0.4, -0.2) is 63.5 Å². The summed E-state index contributed by atoms with van der Waals surface area (Å²) in [5.41, 5.74) is 0.757. The Bertz CT molecular complexity index is 1270. The van der Waals surface area contributed by atoms with Crippen LogP contribution in [-0.2, 0) is 23.4 Å². The van der Waals surface area contributed by atoms with E-state index in [0.717, 1.165) is 0 Å². The highest BCUT2D eigenvalue weighted by Crippen LogP contribution is 2.53. The second kappa shape index (κ2) is 12.1. The Kier molecular flexibility index (Phi) is 9.47. The molecule has 1 aromatic carbocycles. The molecule has 0 amide bonds. The Balaban J connectivity index is 1.91. The second-order valence-electron chi connectivity index (χ2n) is 9.52. The minimum atomic E-state index is -4.26. The summed E-state index contributed by atoms with van der Waals surface area (Å²) in [5, 5.41) is 10.7. The first kappa shape index (κ1) is 30.6. The minimum absolute atomic E-state index is 0.127. The van der Waals surface area contributed by atoms with E-state index in [-0.39, 0.29) is 5.75 Å². The fourth-order valence-electron chi connectivity index (χ4n) is 4.01. The Hall–Kier alpha value is -2.93. The van der Waals surface area contributed by atoms with Crippen LogP contribution in [0.15, 0.2) is 41.3 Å². The van der Waals surface area contributed by atoms with Gasteiger partial charge in [0.25, 0.3) is 0 Å². The van der Waals surface area contributed by atoms with Gasteiger partial charge < -0.3 is 24.8 Å². The van der Waals surface area contributed by atoms with E-state index in [9.17, 15) is 28.0 Å². The van der Waals surface area contributed by atoms with Crippen LogP contribution < -0.4 is 15.9 Å². The van der Waals surface area contributed by atoms with Gasteiger partial charge in [-0.05, 0) is 32.9 Å². The van der Waals surface area contributed by atoms with Crippen molar-refractivity contribution >= 4 is 19.4 Å². The summed E-state index contributed by atoms with van der Waals surface area (Å²) in [5.74, 6) is -3.49. The number of nitrogen functional groups attached to an aromatic ring is 1. The predicted molar refractivity (Wildman–Crippen MR) is 133 cm³/mol. The molecule has 39 heavy (non-hydrogen) atoms. The maximum atomic E-state index is 15.7. The van der Waals surface area contributed by atoms with Crippen molar-refractivity contribution in [3.8, 4) is 5.75 Å². The number of alkyl halides is 2. The largest absolute Gasteiger partial charge is 0.463 e. The van der Waals surface area contributed by atoms with E-state index < -0.39 is 86.0 Å². The molecule has 0 saturated carbocycles. The van der Waals surface area contributed by atoms with Crippen molar-refractivity contribution in [2.24, 2.45) is 5.92 Å². The summed E-state index contributed by atoms with van der Waals surface area (Å²) < 4.78 is 79.8. The molecule has 0 bridgehead atoms. The minimum Gasteiger partial charge on any atom is -0.463 e. The molecule has 1 aliphatic rings. The number of halogens is 3. The number of hydrogen-bond acceptors (Lipinski definition) is 10. The Labute approximate surface area is 222 Å². The average molecular weight is 577 g/mol. The van der Waals surface area contributed by atoms with Crippen LogP contribution in [0.25, 0.3) is 0 Å². The number of aromatic nitrogens is 2. The van der Waals surface area contributed by atoms with Gasteiger partial charge in [-0.15, -0.1) is 0 Å². The number of nitrogens with zero attached hydrogens (tertiary/aromatic N) is 2. The monoisotopic (exact) mass is 577 g/mol. The van der Waals surface area contributed by atoms with Crippen LogP contribution >= 0.6 is 7.60 Å². The Morgan fingerprint density at radius 2 is 1.92 bits per heavy atom. The number of anilines is 1. The Morgan fingerprint density at radius 3 is 2.51 bits per heavy atom. The van der Waals surface area contributed by atoms with Gasteiger partial charge in [-0.2, -0.15) is 4.98 Å². The lowest BCUT2D eigenvalue weighted by Crippen LogP contribution is -2.48. The number of aliphatic hydroxyl groups excluding tert-OH is 1. The maximum Gasteiger partial charge on any atom is 0.380 e. The van der Waals surface area contributed by atoms with Gasteiger partial charge in [-0.1, -0.05) is 25.1 Å². The first-order valence-electron chi connectivity index (χ1n) is 12.1. The second-order valence-corrected chi connectivity index (χ2v) is 11.5. The number of benzene rings is 1. The molecule has 2 aromatic rings. The molecule has 11 nitrogen and oxygen atoms in total. The lowest BCUT2D eigenvalue weighted by molar-refractivity contribution is -0.151. The summed E-state index contributed by atoms with van der Waals surface area (Å²) in [7, 11) is -4.26. The number of rotatable bonds is 11. The topological polar surface area (TPSA) is 152 Å². The third-order valence-corrected chi connectivity index (χ3v) is 8.06. The number of nitrogens with two attached hydrogens (primary N) is 1. The van der Waals surface area contributed by atoms with Crippen LogP contribution in [0.3, 0.4) is 0 Å². The van der Waals surface area contributed by atoms with E-state index >= 15 is 4.39 Å². The van der Waals surface area contributed by atoms with Crippen molar-refractivity contribution in [2.45, 2.75) is 64.0 Å². The highest BCUT2D eigenvalue weighted by Gasteiger charge is 2.61. The molecule has 3 rings (SSSR count). The molecule has 1 saturated heterocycles. The molecule has 0 radical (unpaired) electrons. The fourth-order valence-corrected chi connectivity index (χ4v) is 6.10. The molecule has 1 fully saturated rings. The van der Waals surface area contributed by atoms with Crippen molar-refractivity contribution in [1.29, 1.82) is 0 Å². The fraction of sp³-hybridized carbons (Fsp3) is 0.542. The van der Waals surface area contributed by atoms with E-state index in [2.05, 4.69) is 4.98 Å². The lowest BCUT2D eigenvalue weighted by atomic mass is 9.95. The van der Waals surface area contributed by atoms with Gasteiger partial charge in [-0.25, -0.2) is 22.5 Å². The molecule has 3 N–H and O–H groups in total. The number of carbonyl (C=O) groups excluding carboxylic acids is 1. The first-order chi connectivity index (χ1) is 18.2. The van der Waals surface area contributed by atoms with Gasteiger partial charge >= 0.3 is 19.3 Å². The van der Waals surface area contributed by atoms with E-state index in [1.807, 2.05) is 0 Å². The molecule has 7 atom stereocenters. The molecule has 1 aromatic heterocycles. The number of esters is 1. The Morgan fingerprint density at radius 1 is 1.28 bits per heavy atom. The summed E-state index contributed by atoms with van der Waals surface area (Å²) >= 11 is 0. The van der Waals surface area contributed by atoms with Crippen LogP contribution in [0.1, 0.15) is 33.9 Å². The molecular weight excluding hydrogens is 546 g/mol. The number of aliphatic hydroxyl groups is 1. The number of para-hydroxylation sites is 1. The highest BCUT2D eigenvalue weighted by atomic mass is 31.2. The smallest absolute Gasteiger partial charge is 0.380 e. The third-order valence-electron chi connectivity index (χ3n) is 5.92. The quantitative estimate of drug-likeness (QED) is 0.301. The van der Waals surface area contributed by atoms with Crippen molar-refractivity contribution in [2.75, 3.05) is 18.6 Å². The van der Waals surface area contributed by atoms with Gasteiger partial charge in [0.15, 0.2) is 17.9 Å². The average Bonchev–Trinajstić information content (AvgIpc) is 3.12. The summed E-state index contributed by atoms with van der Waals surface area (Å²) in [6.45, 7) is 4.14. The van der Waals surface area contributed by atoms with E-state index in [1.54, 1.807) is 32.0 Å². The zero-order valence-electron chi connectivity index (χ0n) is 21.7. The van der Waals surface area contributed by atoms with Crippen molar-refractivity contribution in [3.05, 3.63) is 52.8 Å². The molecule has 0 aliphatic carbocycles. The summed E-state index contributed by atoms with van der Waals surface area (Å²) in [4.78, 5) is 27.9.